The predicted octanol–water partition coefficient (Wildman–Crippen LogP) is 3.19. The maximum Gasteiger partial charge on any atom is 0.259 e. The second-order valence-electron chi connectivity index (χ2n) is 5.01. The van der Waals surface area contributed by atoms with Gasteiger partial charge in [-0.1, -0.05) is 18.2 Å². The molecule has 1 heterocycles. The first-order chi connectivity index (χ1) is 10.6. The standard InChI is InChI=1S/C17H18N2O3/c1-12-13(2)16(20)19(17(21)15(12)18-3)10-7-11-22-14-8-5-4-6-9-14/h4-6,8-9,20H,7,10-11H2,1-2H3. The van der Waals surface area contributed by atoms with E-state index in [1.165, 1.54) is 4.57 Å². The lowest BCUT2D eigenvalue weighted by Crippen LogP contribution is -2.22. The van der Waals surface area contributed by atoms with E-state index in [9.17, 15) is 9.90 Å². The Balaban J connectivity index is 2.09. The van der Waals surface area contributed by atoms with Crippen LogP contribution in [0.15, 0.2) is 35.1 Å². The highest BCUT2D eigenvalue weighted by Gasteiger charge is 2.15. The Morgan fingerprint density at radius 2 is 1.91 bits per heavy atom. The highest BCUT2D eigenvalue weighted by Crippen LogP contribution is 2.25. The van der Waals surface area contributed by atoms with Crippen molar-refractivity contribution in [2.75, 3.05) is 6.61 Å². The largest absolute Gasteiger partial charge is 0.494 e. The Kier molecular flexibility index (Phi) is 4.84. The summed E-state index contributed by atoms with van der Waals surface area (Å²) in [5.74, 6) is 0.690. The maximum atomic E-state index is 12.2. The summed E-state index contributed by atoms with van der Waals surface area (Å²) in [5, 5.41) is 10.1. The first-order valence-corrected chi connectivity index (χ1v) is 7.04. The third kappa shape index (κ3) is 3.12. The van der Waals surface area contributed by atoms with Crippen molar-refractivity contribution in [3.8, 4) is 11.6 Å². The highest BCUT2D eigenvalue weighted by molar-refractivity contribution is 5.55. The zero-order valence-corrected chi connectivity index (χ0v) is 12.7. The zero-order valence-electron chi connectivity index (χ0n) is 12.7. The van der Waals surface area contributed by atoms with Crippen LogP contribution in [-0.4, -0.2) is 16.3 Å². The summed E-state index contributed by atoms with van der Waals surface area (Å²) >= 11 is 0. The van der Waals surface area contributed by atoms with Crippen LogP contribution in [0.5, 0.6) is 11.6 Å². The predicted molar refractivity (Wildman–Crippen MR) is 84.7 cm³/mol. The van der Waals surface area contributed by atoms with Crippen LogP contribution in [0.1, 0.15) is 17.5 Å². The monoisotopic (exact) mass is 298 g/mol. The number of benzene rings is 1. The van der Waals surface area contributed by atoms with Crippen LogP contribution in [0.4, 0.5) is 5.69 Å². The lowest BCUT2D eigenvalue weighted by molar-refractivity contribution is 0.294. The van der Waals surface area contributed by atoms with Crippen molar-refractivity contribution >= 4 is 5.69 Å². The summed E-state index contributed by atoms with van der Waals surface area (Å²) in [6.07, 6.45) is 0.558. The van der Waals surface area contributed by atoms with Gasteiger partial charge in [-0.15, -0.1) is 0 Å². The molecule has 0 spiro atoms. The van der Waals surface area contributed by atoms with E-state index in [4.69, 9.17) is 11.3 Å². The molecule has 5 heteroatoms. The van der Waals surface area contributed by atoms with Crippen LogP contribution >= 0.6 is 0 Å². The normalized spacial score (nSPS) is 10.2. The van der Waals surface area contributed by atoms with Crippen LogP contribution in [-0.2, 0) is 6.54 Å². The van der Waals surface area contributed by atoms with Crippen molar-refractivity contribution in [1.29, 1.82) is 0 Å². The number of aromatic nitrogens is 1. The Morgan fingerprint density at radius 3 is 2.55 bits per heavy atom. The molecule has 0 unspecified atom stereocenters. The quantitative estimate of drug-likeness (QED) is 0.681. The Hall–Kier alpha value is -2.74. The molecule has 0 aliphatic rings. The second-order valence-corrected chi connectivity index (χ2v) is 5.01. The van der Waals surface area contributed by atoms with Gasteiger partial charge in [-0.05, 0) is 38.0 Å². The molecule has 1 aromatic heterocycles. The van der Waals surface area contributed by atoms with Gasteiger partial charge < -0.3 is 9.84 Å². The first kappa shape index (κ1) is 15.6. The molecule has 0 aliphatic carbocycles. The number of pyridine rings is 1. The summed E-state index contributed by atoms with van der Waals surface area (Å²) in [5.41, 5.74) is 0.721. The number of nitrogens with zero attached hydrogens (tertiary/aromatic N) is 2. The summed E-state index contributed by atoms with van der Waals surface area (Å²) in [4.78, 5) is 15.5. The smallest absolute Gasteiger partial charge is 0.259 e. The summed E-state index contributed by atoms with van der Waals surface area (Å²) < 4.78 is 6.80. The Bertz CT molecular complexity index is 758. The van der Waals surface area contributed by atoms with E-state index in [1.54, 1.807) is 13.8 Å². The minimum absolute atomic E-state index is 0.0688. The molecule has 0 fully saturated rings. The Labute approximate surface area is 129 Å². The van der Waals surface area contributed by atoms with Gasteiger partial charge in [-0.25, -0.2) is 4.85 Å². The molecule has 22 heavy (non-hydrogen) atoms. The van der Waals surface area contributed by atoms with Gasteiger partial charge >= 0.3 is 0 Å². The number of hydrogen-bond donors (Lipinski definition) is 1. The van der Waals surface area contributed by atoms with Gasteiger partial charge in [0.2, 0.25) is 0 Å². The van der Waals surface area contributed by atoms with Crippen LogP contribution < -0.4 is 10.3 Å². The number of rotatable bonds is 5. The van der Waals surface area contributed by atoms with Crippen molar-refractivity contribution in [1.82, 2.24) is 4.57 Å². The van der Waals surface area contributed by atoms with E-state index in [-0.39, 0.29) is 11.6 Å². The molecule has 0 aliphatic heterocycles. The van der Waals surface area contributed by atoms with Gasteiger partial charge in [0.05, 0.1) is 13.2 Å². The molecule has 0 saturated heterocycles. The van der Waals surface area contributed by atoms with Gasteiger partial charge in [0.15, 0.2) is 5.88 Å². The molecule has 114 valence electrons. The van der Waals surface area contributed by atoms with Crippen LogP contribution in [0.3, 0.4) is 0 Å². The van der Waals surface area contributed by atoms with E-state index >= 15 is 0 Å². The van der Waals surface area contributed by atoms with Crippen molar-refractivity contribution in [3.05, 3.63) is 63.2 Å². The topological polar surface area (TPSA) is 55.8 Å². The van der Waals surface area contributed by atoms with Gasteiger partial charge in [0.25, 0.3) is 11.2 Å². The average molecular weight is 298 g/mol. The van der Waals surface area contributed by atoms with Crippen molar-refractivity contribution in [2.24, 2.45) is 0 Å². The fourth-order valence-corrected chi connectivity index (χ4v) is 2.20. The number of ether oxygens (including phenoxy) is 1. The molecular weight excluding hydrogens is 280 g/mol. The van der Waals surface area contributed by atoms with Gasteiger partial charge in [-0.2, -0.15) is 0 Å². The molecule has 0 saturated carbocycles. The molecule has 0 radical (unpaired) electrons. The first-order valence-electron chi connectivity index (χ1n) is 7.04. The molecule has 0 bridgehead atoms. The van der Waals surface area contributed by atoms with Crippen molar-refractivity contribution in [3.63, 3.8) is 0 Å². The Morgan fingerprint density at radius 1 is 1.23 bits per heavy atom. The van der Waals surface area contributed by atoms with Gasteiger partial charge in [0, 0.05) is 12.1 Å². The zero-order chi connectivity index (χ0) is 16.1. The second kappa shape index (κ2) is 6.81. The fourth-order valence-electron chi connectivity index (χ4n) is 2.20. The van der Waals surface area contributed by atoms with E-state index in [1.807, 2.05) is 30.3 Å². The van der Waals surface area contributed by atoms with Crippen molar-refractivity contribution < 1.29 is 9.84 Å². The van der Waals surface area contributed by atoms with E-state index < -0.39 is 5.56 Å². The van der Waals surface area contributed by atoms with E-state index in [0.29, 0.717) is 30.7 Å². The maximum absolute atomic E-state index is 12.2. The molecule has 1 aromatic carbocycles. The molecule has 2 rings (SSSR count). The van der Waals surface area contributed by atoms with Gasteiger partial charge in [0.1, 0.15) is 5.75 Å². The third-order valence-corrected chi connectivity index (χ3v) is 3.61. The van der Waals surface area contributed by atoms with Crippen molar-refractivity contribution in [2.45, 2.75) is 26.8 Å². The van der Waals surface area contributed by atoms with Crippen LogP contribution in [0, 0.1) is 20.4 Å². The molecule has 5 nitrogen and oxygen atoms in total. The summed E-state index contributed by atoms with van der Waals surface area (Å²) in [6, 6.07) is 9.40. The minimum atomic E-state index is -0.449. The highest BCUT2D eigenvalue weighted by atomic mass is 16.5. The molecule has 1 N–H and O–H groups in total. The lowest BCUT2D eigenvalue weighted by Gasteiger charge is -2.14. The van der Waals surface area contributed by atoms with Gasteiger partial charge in [-0.3, -0.25) is 9.36 Å². The molecule has 0 amide bonds. The average Bonchev–Trinajstić information content (AvgIpc) is 2.54. The fraction of sp³-hybridized carbons (Fsp3) is 0.294. The number of aromatic hydroxyl groups is 1. The summed E-state index contributed by atoms with van der Waals surface area (Å²) in [6.45, 7) is 11.2. The SMILES string of the molecule is [C-]#[N+]c1c(C)c(C)c(O)n(CCCOc2ccccc2)c1=O. The van der Waals surface area contributed by atoms with Crippen LogP contribution in [0.25, 0.3) is 4.85 Å². The number of para-hydroxylation sites is 1. The van der Waals surface area contributed by atoms with Crippen LogP contribution in [0.2, 0.25) is 0 Å². The van der Waals surface area contributed by atoms with E-state index in [2.05, 4.69) is 4.85 Å². The third-order valence-electron chi connectivity index (χ3n) is 3.61. The molecule has 2 aromatic rings. The lowest BCUT2D eigenvalue weighted by atomic mass is 10.1. The molecular formula is C17H18N2O3. The summed E-state index contributed by atoms with van der Waals surface area (Å²) in [7, 11) is 0. The minimum Gasteiger partial charge on any atom is -0.494 e. The molecule has 0 atom stereocenters. The van der Waals surface area contributed by atoms with E-state index in [0.717, 1.165) is 5.75 Å². The number of hydrogen-bond acceptors (Lipinski definition) is 3.